The van der Waals surface area contributed by atoms with E-state index in [-0.39, 0.29) is 5.79 Å². The van der Waals surface area contributed by atoms with Gasteiger partial charge in [-0.05, 0) is 26.2 Å². The van der Waals surface area contributed by atoms with Crippen molar-refractivity contribution >= 4 is 0 Å². The molecule has 1 spiro atoms. The molecule has 0 aromatic carbocycles. The SMILES string of the molecule is CC1=CCC2(CCCC1)OCCO2. The zero-order valence-corrected chi connectivity index (χ0v) is 8.34. The number of ether oxygens (including phenoxy) is 2. The lowest BCUT2D eigenvalue weighted by Gasteiger charge is -2.27. The van der Waals surface area contributed by atoms with Gasteiger partial charge in [-0.25, -0.2) is 0 Å². The van der Waals surface area contributed by atoms with Gasteiger partial charge in [-0.3, -0.25) is 0 Å². The van der Waals surface area contributed by atoms with E-state index in [9.17, 15) is 0 Å². The van der Waals surface area contributed by atoms with Crippen LogP contribution in [0.3, 0.4) is 0 Å². The Bertz CT molecular complexity index is 202. The van der Waals surface area contributed by atoms with Gasteiger partial charge < -0.3 is 9.47 Å². The van der Waals surface area contributed by atoms with Crippen molar-refractivity contribution in [1.29, 1.82) is 0 Å². The van der Waals surface area contributed by atoms with Crippen molar-refractivity contribution < 1.29 is 9.47 Å². The minimum absolute atomic E-state index is 0.248. The van der Waals surface area contributed by atoms with Crippen molar-refractivity contribution in [2.24, 2.45) is 0 Å². The molecule has 2 rings (SSSR count). The van der Waals surface area contributed by atoms with Gasteiger partial charge in [-0.2, -0.15) is 0 Å². The molecule has 0 aromatic rings. The lowest BCUT2D eigenvalue weighted by Crippen LogP contribution is -2.29. The van der Waals surface area contributed by atoms with Gasteiger partial charge >= 0.3 is 0 Å². The second-order valence-electron chi connectivity index (χ2n) is 4.07. The molecular formula is C11H18O2. The Labute approximate surface area is 79.9 Å². The zero-order valence-electron chi connectivity index (χ0n) is 8.34. The van der Waals surface area contributed by atoms with E-state index in [0.29, 0.717) is 0 Å². The molecule has 0 bridgehead atoms. The minimum atomic E-state index is -0.248. The van der Waals surface area contributed by atoms with Gasteiger partial charge in [0.1, 0.15) is 0 Å². The lowest BCUT2D eigenvalue weighted by molar-refractivity contribution is -0.160. The normalized spacial score (nSPS) is 28.2. The van der Waals surface area contributed by atoms with Crippen LogP contribution in [0.5, 0.6) is 0 Å². The average Bonchev–Trinajstić information content (AvgIpc) is 2.56. The fourth-order valence-electron chi connectivity index (χ4n) is 2.09. The van der Waals surface area contributed by atoms with Crippen LogP contribution in [0.15, 0.2) is 11.6 Å². The van der Waals surface area contributed by atoms with Crippen LogP contribution in [0.1, 0.15) is 39.0 Å². The van der Waals surface area contributed by atoms with Gasteiger partial charge in [-0.1, -0.05) is 11.6 Å². The number of rotatable bonds is 0. The van der Waals surface area contributed by atoms with E-state index in [4.69, 9.17) is 9.47 Å². The maximum atomic E-state index is 5.70. The van der Waals surface area contributed by atoms with E-state index in [2.05, 4.69) is 13.0 Å². The summed E-state index contributed by atoms with van der Waals surface area (Å²) >= 11 is 0. The Hall–Kier alpha value is -0.340. The first-order chi connectivity index (χ1) is 6.31. The van der Waals surface area contributed by atoms with Crippen LogP contribution in [0.2, 0.25) is 0 Å². The summed E-state index contributed by atoms with van der Waals surface area (Å²) in [6.45, 7) is 3.74. The molecule has 1 fully saturated rings. The molecule has 0 radical (unpaired) electrons. The van der Waals surface area contributed by atoms with Gasteiger partial charge in [0.15, 0.2) is 5.79 Å². The van der Waals surface area contributed by atoms with Crippen molar-refractivity contribution in [3.63, 3.8) is 0 Å². The van der Waals surface area contributed by atoms with Gasteiger partial charge in [0.05, 0.1) is 13.2 Å². The molecular weight excluding hydrogens is 164 g/mol. The summed E-state index contributed by atoms with van der Waals surface area (Å²) in [6.07, 6.45) is 8.04. The van der Waals surface area contributed by atoms with Crippen LogP contribution in [0.25, 0.3) is 0 Å². The molecule has 0 N–H and O–H groups in total. The van der Waals surface area contributed by atoms with E-state index in [0.717, 1.165) is 26.1 Å². The topological polar surface area (TPSA) is 18.5 Å². The van der Waals surface area contributed by atoms with Crippen molar-refractivity contribution in [3.05, 3.63) is 11.6 Å². The van der Waals surface area contributed by atoms with Crippen LogP contribution < -0.4 is 0 Å². The quantitative estimate of drug-likeness (QED) is 0.536. The Morgan fingerprint density at radius 3 is 2.77 bits per heavy atom. The summed E-state index contributed by atoms with van der Waals surface area (Å²) in [5, 5.41) is 0. The van der Waals surface area contributed by atoms with Crippen LogP contribution in [-0.4, -0.2) is 19.0 Å². The van der Waals surface area contributed by atoms with E-state index >= 15 is 0 Å². The molecule has 1 aliphatic carbocycles. The highest BCUT2D eigenvalue weighted by molar-refractivity contribution is 5.02. The standard InChI is InChI=1S/C11H18O2/c1-10-4-2-3-6-11(7-5-10)12-8-9-13-11/h5H,2-4,6-9H2,1H3. The first-order valence-corrected chi connectivity index (χ1v) is 5.24. The molecule has 2 heteroatoms. The summed E-state index contributed by atoms with van der Waals surface area (Å²) in [4.78, 5) is 0. The second-order valence-corrected chi connectivity index (χ2v) is 4.07. The Balaban J connectivity index is 2.05. The van der Waals surface area contributed by atoms with Crippen molar-refractivity contribution in [3.8, 4) is 0 Å². The predicted octanol–water partition coefficient (Wildman–Crippen LogP) is 2.64. The van der Waals surface area contributed by atoms with Crippen molar-refractivity contribution in [2.45, 2.75) is 44.8 Å². The third kappa shape index (κ3) is 2.12. The Morgan fingerprint density at radius 2 is 2.00 bits per heavy atom. The van der Waals surface area contributed by atoms with E-state index in [1.807, 2.05) is 0 Å². The third-order valence-electron chi connectivity index (χ3n) is 2.95. The molecule has 0 saturated carbocycles. The Kier molecular flexibility index (Phi) is 2.70. The van der Waals surface area contributed by atoms with Crippen molar-refractivity contribution in [1.82, 2.24) is 0 Å². The van der Waals surface area contributed by atoms with Gasteiger partial charge in [0, 0.05) is 12.8 Å². The largest absolute Gasteiger partial charge is 0.347 e. The maximum absolute atomic E-state index is 5.70. The molecule has 1 aliphatic heterocycles. The van der Waals surface area contributed by atoms with E-state index in [1.165, 1.54) is 24.8 Å². The third-order valence-corrected chi connectivity index (χ3v) is 2.95. The molecule has 13 heavy (non-hydrogen) atoms. The monoisotopic (exact) mass is 182 g/mol. The molecule has 0 aromatic heterocycles. The highest BCUT2D eigenvalue weighted by Gasteiger charge is 2.35. The van der Waals surface area contributed by atoms with Gasteiger partial charge in [-0.15, -0.1) is 0 Å². The highest BCUT2D eigenvalue weighted by Crippen LogP contribution is 2.32. The average molecular weight is 182 g/mol. The smallest absolute Gasteiger partial charge is 0.171 e. The minimum Gasteiger partial charge on any atom is -0.347 e. The van der Waals surface area contributed by atoms with Crippen LogP contribution in [0, 0.1) is 0 Å². The first-order valence-electron chi connectivity index (χ1n) is 5.24. The molecule has 0 amide bonds. The number of hydrogen-bond donors (Lipinski definition) is 0. The summed E-state index contributed by atoms with van der Waals surface area (Å²) in [5.74, 6) is -0.248. The lowest BCUT2D eigenvalue weighted by atomic mass is 9.96. The second kappa shape index (κ2) is 3.81. The highest BCUT2D eigenvalue weighted by atomic mass is 16.7. The molecule has 1 saturated heterocycles. The van der Waals surface area contributed by atoms with Crippen LogP contribution >= 0.6 is 0 Å². The molecule has 0 unspecified atom stereocenters. The van der Waals surface area contributed by atoms with Gasteiger partial charge in [0.25, 0.3) is 0 Å². The fourth-order valence-corrected chi connectivity index (χ4v) is 2.09. The first kappa shape index (κ1) is 9.22. The molecule has 1 heterocycles. The molecule has 74 valence electrons. The summed E-state index contributed by atoms with van der Waals surface area (Å²) < 4.78 is 11.4. The number of allylic oxidation sites excluding steroid dienone is 1. The summed E-state index contributed by atoms with van der Waals surface area (Å²) in [5.41, 5.74) is 1.48. The van der Waals surface area contributed by atoms with Crippen LogP contribution in [-0.2, 0) is 9.47 Å². The van der Waals surface area contributed by atoms with E-state index in [1.54, 1.807) is 0 Å². The Morgan fingerprint density at radius 1 is 1.23 bits per heavy atom. The zero-order chi connectivity index (χ0) is 9.15. The maximum Gasteiger partial charge on any atom is 0.171 e. The van der Waals surface area contributed by atoms with E-state index < -0.39 is 0 Å². The van der Waals surface area contributed by atoms with Crippen LogP contribution in [0.4, 0.5) is 0 Å². The predicted molar refractivity (Wildman–Crippen MR) is 51.5 cm³/mol. The molecule has 2 nitrogen and oxygen atoms in total. The van der Waals surface area contributed by atoms with Gasteiger partial charge in [0.2, 0.25) is 0 Å². The fraction of sp³-hybridized carbons (Fsp3) is 0.818. The molecule has 0 atom stereocenters. The number of hydrogen-bond acceptors (Lipinski definition) is 2. The summed E-state index contributed by atoms with van der Waals surface area (Å²) in [7, 11) is 0. The summed E-state index contributed by atoms with van der Waals surface area (Å²) in [6, 6.07) is 0. The van der Waals surface area contributed by atoms with Crippen molar-refractivity contribution in [2.75, 3.05) is 13.2 Å². The molecule has 2 aliphatic rings.